The molecule has 7 heteroatoms. The first kappa shape index (κ1) is 19.7. The zero-order chi connectivity index (χ0) is 21.1. The standard InChI is InChI=1S/C23H18ClN3O3/c1-2-30-20-13-15(12-18(24)21(20)28)14-25-27-22(16-8-4-3-5-9-16)26-19-11-7-6-10-17(19)23(27)29/h3-14,28H,2H2,1H3. The fourth-order valence-corrected chi connectivity index (χ4v) is 3.28. The number of para-hydroxylation sites is 1. The molecule has 3 aromatic carbocycles. The van der Waals surface area contributed by atoms with E-state index in [2.05, 4.69) is 10.1 Å². The molecule has 0 bridgehead atoms. The number of benzene rings is 3. The summed E-state index contributed by atoms with van der Waals surface area (Å²) in [5.41, 5.74) is 1.64. The molecule has 0 atom stereocenters. The van der Waals surface area contributed by atoms with E-state index < -0.39 is 0 Å². The van der Waals surface area contributed by atoms with Gasteiger partial charge in [-0.2, -0.15) is 9.78 Å². The quantitative estimate of drug-likeness (QED) is 0.475. The number of hydrogen-bond acceptors (Lipinski definition) is 5. The summed E-state index contributed by atoms with van der Waals surface area (Å²) in [7, 11) is 0. The van der Waals surface area contributed by atoms with Crippen molar-refractivity contribution in [3.8, 4) is 22.9 Å². The molecular weight excluding hydrogens is 402 g/mol. The van der Waals surface area contributed by atoms with Crippen LogP contribution in [0.3, 0.4) is 0 Å². The number of nitrogens with zero attached hydrogens (tertiary/aromatic N) is 3. The first-order valence-electron chi connectivity index (χ1n) is 9.35. The van der Waals surface area contributed by atoms with Gasteiger partial charge in [0, 0.05) is 5.56 Å². The third-order valence-corrected chi connectivity index (χ3v) is 4.75. The van der Waals surface area contributed by atoms with Gasteiger partial charge in [0.1, 0.15) is 0 Å². The summed E-state index contributed by atoms with van der Waals surface area (Å²) in [5, 5.41) is 15.0. The van der Waals surface area contributed by atoms with Gasteiger partial charge in [-0.15, -0.1) is 0 Å². The highest BCUT2D eigenvalue weighted by atomic mass is 35.5. The van der Waals surface area contributed by atoms with Crippen molar-refractivity contribution in [2.45, 2.75) is 6.92 Å². The van der Waals surface area contributed by atoms with Crippen LogP contribution in [0, 0.1) is 0 Å². The average molecular weight is 420 g/mol. The third-order valence-electron chi connectivity index (χ3n) is 4.46. The number of fused-ring (bicyclic) bond motifs is 1. The normalized spacial score (nSPS) is 11.3. The Morgan fingerprint density at radius 1 is 1.13 bits per heavy atom. The maximum atomic E-state index is 13.2. The Morgan fingerprint density at radius 2 is 1.87 bits per heavy atom. The summed E-state index contributed by atoms with van der Waals surface area (Å²) in [5.74, 6) is 0.536. The lowest BCUT2D eigenvalue weighted by atomic mass is 10.2. The summed E-state index contributed by atoms with van der Waals surface area (Å²) in [6, 6.07) is 19.7. The second-order valence-electron chi connectivity index (χ2n) is 6.46. The first-order chi connectivity index (χ1) is 14.6. The van der Waals surface area contributed by atoms with Gasteiger partial charge in [0.25, 0.3) is 5.56 Å². The molecule has 0 amide bonds. The Labute approximate surface area is 177 Å². The van der Waals surface area contributed by atoms with E-state index in [1.54, 1.807) is 37.3 Å². The molecule has 6 nitrogen and oxygen atoms in total. The molecule has 0 fully saturated rings. The molecule has 150 valence electrons. The van der Waals surface area contributed by atoms with E-state index in [4.69, 9.17) is 16.3 Å². The van der Waals surface area contributed by atoms with Crippen molar-refractivity contribution in [1.29, 1.82) is 0 Å². The van der Waals surface area contributed by atoms with Crippen molar-refractivity contribution in [3.05, 3.63) is 87.7 Å². The van der Waals surface area contributed by atoms with Gasteiger partial charge < -0.3 is 9.84 Å². The average Bonchev–Trinajstić information content (AvgIpc) is 2.77. The Kier molecular flexibility index (Phi) is 5.50. The molecule has 1 heterocycles. The van der Waals surface area contributed by atoms with Crippen LogP contribution in [-0.2, 0) is 0 Å². The van der Waals surface area contributed by atoms with Crippen LogP contribution in [-0.4, -0.2) is 27.6 Å². The number of aromatic hydroxyl groups is 1. The van der Waals surface area contributed by atoms with E-state index >= 15 is 0 Å². The second kappa shape index (κ2) is 8.39. The lowest BCUT2D eigenvalue weighted by Gasteiger charge is -2.10. The van der Waals surface area contributed by atoms with E-state index in [1.165, 1.54) is 10.9 Å². The fraction of sp³-hybridized carbons (Fsp3) is 0.0870. The first-order valence-corrected chi connectivity index (χ1v) is 9.73. The third kappa shape index (κ3) is 3.77. The van der Waals surface area contributed by atoms with Crippen molar-refractivity contribution in [1.82, 2.24) is 9.66 Å². The zero-order valence-corrected chi connectivity index (χ0v) is 16.9. The van der Waals surface area contributed by atoms with Gasteiger partial charge in [-0.1, -0.05) is 54.1 Å². The molecule has 0 unspecified atom stereocenters. The highest BCUT2D eigenvalue weighted by Crippen LogP contribution is 2.34. The molecule has 0 saturated carbocycles. The largest absolute Gasteiger partial charge is 0.503 e. The van der Waals surface area contributed by atoms with E-state index in [-0.39, 0.29) is 22.1 Å². The van der Waals surface area contributed by atoms with Crippen LogP contribution in [0.5, 0.6) is 11.5 Å². The van der Waals surface area contributed by atoms with Crippen molar-refractivity contribution in [2.75, 3.05) is 6.61 Å². The summed E-state index contributed by atoms with van der Waals surface area (Å²) < 4.78 is 6.67. The molecule has 0 radical (unpaired) electrons. The molecule has 4 aromatic rings. The SMILES string of the molecule is CCOc1cc(C=Nn2c(-c3ccccc3)nc3ccccc3c2=O)cc(Cl)c1O. The number of phenolic OH excluding ortho intramolecular Hbond substituents is 1. The Morgan fingerprint density at radius 3 is 2.63 bits per heavy atom. The molecule has 1 aromatic heterocycles. The number of halogens is 1. The van der Waals surface area contributed by atoms with Gasteiger partial charge in [0.15, 0.2) is 17.3 Å². The smallest absolute Gasteiger partial charge is 0.282 e. The monoisotopic (exact) mass is 419 g/mol. The minimum absolute atomic E-state index is 0.134. The van der Waals surface area contributed by atoms with E-state index in [1.807, 2.05) is 36.4 Å². The molecule has 0 saturated heterocycles. The molecular formula is C23H18ClN3O3. The van der Waals surface area contributed by atoms with E-state index in [9.17, 15) is 9.90 Å². The Hall–Kier alpha value is -3.64. The second-order valence-corrected chi connectivity index (χ2v) is 6.87. The fourth-order valence-electron chi connectivity index (χ4n) is 3.06. The topological polar surface area (TPSA) is 76.7 Å². The van der Waals surface area contributed by atoms with Gasteiger partial charge in [-0.25, -0.2) is 4.98 Å². The Balaban J connectivity index is 1.88. The van der Waals surface area contributed by atoms with Crippen LogP contribution in [0.1, 0.15) is 12.5 Å². The van der Waals surface area contributed by atoms with Gasteiger partial charge in [-0.3, -0.25) is 4.79 Å². The number of aromatic nitrogens is 2. The minimum atomic E-state index is -0.286. The van der Waals surface area contributed by atoms with Crippen LogP contribution in [0.25, 0.3) is 22.3 Å². The van der Waals surface area contributed by atoms with Crippen molar-refractivity contribution < 1.29 is 9.84 Å². The predicted octanol–water partition coefficient (Wildman–Crippen LogP) is 4.70. The molecule has 0 spiro atoms. The highest BCUT2D eigenvalue weighted by molar-refractivity contribution is 6.32. The maximum Gasteiger partial charge on any atom is 0.282 e. The number of hydrogen-bond donors (Lipinski definition) is 1. The number of phenols is 1. The van der Waals surface area contributed by atoms with Crippen molar-refractivity contribution >= 4 is 28.7 Å². The summed E-state index contributed by atoms with van der Waals surface area (Å²) in [6.07, 6.45) is 1.48. The van der Waals surface area contributed by atoms with Crippen LogP contribution < -0.4 is 10.3 Å². The Bertz CT molecular complexity index is 1300. The lowest BCUT2D eigenvalue weighted by molar-refractivity contribution is 0.318. The number of rotatable bonds is 5. The van der Waals surface area contributed by atoms with Crippen LogP contribution in [0.15, 0.2) is 76.6 Å². The van der Waals surface area contributed by atoms with E-state index in [0.29, 0.717) is 28.9 Å². The van der Waals surface area contributed by atoms with E-state index in [0.717, 1.165) is 5.56 Å². The van der Waals surface area contributed by atoms with Crippen molar-refractivity contribution in [3.63, 3.8) is 0 Å². The van der Waals surface area contributed by atoms with Gasteiger partial charge >= 0.3 is 0 Å². The molecule has 0 aliphatic rings. The van der Waals surface area contributed by atoms with Crippen LogP contribution in [0.4, 0.5) is 0 Å². The van der Waals surface area contributed by atoms with Crippen LogP contribution in [0.2, 0.25) is 5.02 Å². The van der Waals surface area contributed by atoms with Gasteiger partial charge in [0.05, 0.1) is 28.7 Å². The summed E-state index contributed by atoms with van der Waals surface area (Å²) in [6.45, 7) is 2.18. The molecule has 0 aliphatic carbocycles. The summed E-state index contributed by atoms with van der Waals surface area (Å²) in [4.78, 5) is 17.8. The van der Waals surface area contributed by atoms with Gasteiger partial charge in [-0.05, 0) is 36.8 Å². The van der Waals surface area contributed by atoms with Crippen LogP contribution >= 0.6 is 11.6 Å². The predicted molar refractivity (Wildman–Crippen MR) is 119 cm³/mol. The minimum Gasteiger partial charge on any atom is -0.503 e. The zero-order valence-electron chi connectivity index (χ0n) is 16.1. The summed E-state index contributed by atoms with van der Waals surface area (Å²) >= 11 is 6.10. The molecule has 0 aliphatic heterocycles. The molecule has 30 heavy (non-hydrogen) atoms. The highest BCUT2D eigenvalue weighted by Gasteiger charge is 2.13. The molecule has 1 N–H and O–H groups in total. The molecule has 4 rings (SSSR count). The number of ether oxygens (including phenoxy) is 1. The maximum absolute atomic E-state index is 13.2. The van der Waals surface area contributed by atoms with Gasteiger partial charge in [0.2, 0.25) is 0 Å². The lowest BCUT2D eigenvalue weighted by Crippen LogP contribution is -2.20. The van der Waals surface area contributed by atoms with Crippen molar-refractivity contribution in [2.24, 2.45) is 5.10 Å².